The molecule has 2 atom stereocenters. The highest BCUT2D eigenvalue weighted by molar-refractivity contribution is 4.78. The fourth-order valence-corrected chi connectivity index (χ4v) is 2.00. The van der Waals surface area contributed by atoms with Gasteiger partial charge in [-0.1, -0.05) is 0 Å². The van der Waals surface area contributed by atoms with Crippen LogP contribution in [0.2, 0.25) is 0 Å². The molecule has 0 bridgehead atoms. The summed E-state index contributed by atoms with van der Waals surface area (Å²) < 4.78 is 0. The van der Waals surface area contributed by atoms with E-state index in [1.807, 2.05) is 0 Å². The van der Waals surface area contributed by atoms with Crippen LogP contribution in [-0.4, -0.2) is 30.1 Å². The Hall–Kier alpha value is -0.120. The number of nitrogens with zero attached hydrogens (tertiary/aromatic N) is 1. The summed E-state index contributed by atoms with van der Waals surface area (Å²) in [6.07, 6.45) is 2.72. The lowest BCUT2D eigenvalue weighted by atomic mass is 9.93. The highest BCUT2D eigenvalue weighted by Crippen LogP contribution is 2.22. The zero-order valence-electron chi connectivity index (χ0n) is 8.99. The van der Waals surface area contributed by atoms with Crippen LogP contribution in [-0.2, 0) is 4.84 Å². The van der Waals surface area contributed by atoms with Crippen LogP contribution in [0.1, 0.15) is 33.6 Å². The van der Waals surface area contributed by atoms with E-state index in [0.29, 0.717) is 12.0 Å². The predicted octanol–water partition coefficient (Wildman–Crippen LogP) is 1.39. The quantitative estimate of drug-likeness (QED) is 0.677. The van der Waals surface area contributed by atoms with E-state index in [2.05, 4.69) is 25.7 Å². The Morgan fingerprint density at radius 3 is 2.62 bits per heavy atom. The number of piperidine rings is 1. The summed E-state index contributed by atoms with van der Waals surface area (Å²) in [5, 5.41) is 0. The maximum atomic E-state index is 5.21. The van der Waals surface area contributed by atoms with Crippen molar-refractivity contribution in [3.8, 4) is 0 Å². The molecular weight excluding hydrogens is 164 g/mol. The normalized spacial score (nSPS) is 27.9. The van der Waals surface area contributed by atoms with Gasteiger partial charge in [0.2, 0.25) is 0 Å². The molecule has 2 unspecified atom stereocenters. The van der Waals surface area contributed by atoms with E-state index in [-0.39, 0.29) is 6.10 Å². The summed E-state index contributed by atoms with van der Waals surface area (Å²) in [5.74, 6) is 5.82. The van der Waals surface area contributed by atoms with Crippen LogP contribution in [0.15, 0.2) is 0 Å². The average Bonchev–Trinajstić information content (AvgIpc) is 2.17. The molecule has 3 nitrogen and oxygen atoms in total. The van der Waals surface area contributed by atoms with Crippen LogP contribution in [0.4, 0.5) is 0 Å². The van der Waals surface area contributed by atoms with Crippen molar-refractivity contribution in [1.29, 1.82) is 0 Å². The lowest BCUT2D eigenvalue weighted by Gasteiger charge is -2.37. The van der Waals surface area contributed by atoms with Gasteiger partial charge in [-0.25, -0.2) is 5.90 Å². The van der Waals surface area contributed by atoms with Crippen molar-refractivity contribution in [2.24, 2.45) is 11.8 Å². The highest BCUT2D eigenvalue weighted by Gasteiger charge is 2.25. The third kappa shape index (κ3) is 2.93. The van der Waals surface area contributed by atoms with Crippen LogP contribution >= 0.6 is 0 Å². The van der Waals surface area contributed by atoms with Gasteiger partial charge >= 0.3 is 0 Å². The Morgan fingerprint density at radius 2 is 2.08 bits per heavy atom. The molecule has 2 N–H and O–H groups in total. The molecule has 0 amide bonds. The molecular formula is C10H22N2O. The van der Waals surface area contributed by atoms with Gasteiger partial charge in [0.15, 0.2) is 0 Å². The van der Waals surface area contributed by atoms with Crippen molar-refractivity contribution in [1.82, 2.24) is 4.90 Å². The molecule has 1 saturated heterocycles. The molecule has 1 heterocycles. The molecule has 13 heavy (non-hydrogen) atoms. The van der Waals surface area contributed by atoms with Gasteiger partial charge in [0.05, 0.1) is 6.10 Å². The largest absolute Gasteiger partial charge is 0.301 e. The highest BCUT2D eigenvalue weighted by atomic mass is 16.6. The van der Waals surface area contributed by atoms with Crippen molar-refractivity contribution >= 4 is 0 Å². The van der Waals surface area contributed by atoms with Gasteiger partial charge in [-0.05, 0) is 46.1 Å². The third-order valence-corrected chi connectivity index (χ3v) is 3.10. The van der Waals surface area contributed by atoms with E-state index in [1.54, 1.807) is 0 Å². The zero-order valence-corrected chi connectivity index (χ0v) is 8.99. The second-order valence-electron chi connectivity index (χ2n) is 4.33. The summed E-state index contributed by atoms with van der Waals surface area (Å²) in [5.41, 5.74) is 0. The Bertz CT molecular complexity index is 150. The Kier molecular flexibility index (Phi) is 4.16. The number of likely N-dealkylation sites (tertiary alicyclic amines) is 1. The summed E-state index contributed by atoms with van der Waals surface area (Å²) >= 11 is 0. The van der Waals surface area contributed by atoms with Crippen LogP contribution in [0.25, 0.3) is 0 Å². The van der Waals surface area contributed by atoms with Gasteiger partial charge in [-0.2, -0.15) is 0 Å². The fraction of sp³-hybridized carbons (Fsp3) is 1.00. The first-order chi connectivity index (χ1) is 6.15. The molecule has 1 fully saturated rings. The van der Waals surface area contributed by atoms with Crippen LogP contribution < -0.4 is 5.90 Å². The molecule has 0 aromatic carbocycles. The van der Waals surface area contributed by atoms with Gasteiger partial charge in [0.25, 0.3) is 0 Å². The molecule has 1 aliphatic rings. The number of hydrogen-bond donors (Lipinski definition) is 1. The average molecular weight is 186 g/mol. The maximum Gasteiger partial charge on any atom is 0.0799 e. The SMILES string of the molecule is CC(ON)C1CCCN(C(C)C)C1. The second kappa shape index (κ2) is 4.94. The summed E-state index contributed by atoms with van der Waals surface area (Å²) in [6, 6.07) is 0.646. The van der Waals surface area contributed by atoms with Gasteiger partial charge < -0.3 is 9.74 Å². The van der Waals surface area contributed by atoms with Crippen molar-refractivity contribution in [2.75, 3.05) is 13.1 Å². The van der Waals surface area contributed by atoms with Crippen LogP contribution in [0.3, 0.4) is 0 Å². The number of hydrogen-bond acceptors (Lipinski definition) is 3. The number of rotatable bonds is 3. The van der Waals surface area contributed by atoms with Crippen molar-refractivity contribution in [3.05, 3.63) is 0 Å². The summed E-state index contributed by atoms with van der Waals surface area (Å²) in [6.45, 7) is 8.92. The Balaban J connectivity index is 2.41. The number of nitrogens with two attached hydrogens (primary N) is 1. The van der Waals surface area contributed by atoms with Crippen molar-refractivity contribution < 1.29 is 4.84 Å². The van der Waals surface area contributed by atoms with Crippen LogP contribution in [0, 0.1) is 5.92 Å². The standard InChI is InChI=1S/C10H22N2O/c1-8(2)12-6-4-5-10(7-12)9(3)13-11/h8-10H,4-7,11H2,1-3H3. The first kappa shape index (κ1) is 11.0. The summed E-state index contributed by atoms with van der Waals surface area (Å²) in [4.78, 5) is 7.39. The second-order valence-corrected chi connectivity index (χ2v) is 4.33. The van der Waals surface area contributed by atoms with E-state index in [0.717, 1.165) is 6.54 Å². The summed E-state index contributed by atoms with van der Waals surface area (Å²) in [7, 11) is 0. The lowest BCUT2D eigenvalue weighted by molar-refractivity contribution is -0.00903. The molecule has 0 aromatic heterocycles. The zero-order chi connectivity index (χ0) is 9.84. The monoisotopic (exact) mass is 186 g/mol. The molecule has 3 heteroatoms. The topological polar surface area (TPSA) is 38.5 Å². The van der Waals surface area contributed by atoms with Gasteiger partial charge in [-0.15, -0.1) is 0 Å². The molecule has 0 saturated carbocycles. The first-order valence-corrected chi connectivity index (χ1v) is 5.24. The molecule has 1 aliphatic heterocycles. The predicted molar refractivity (Wildman–Crippen MR) is 54.2 cm³/mol. The van der Waals surface area contributed by atoms with E-state index in [4.69, 9.17) is 10.7 Å². The third-order valence-electron chi connectivity index (χ3n) is 3.10. The fourth-order valence-electron chi connectivity index (χ4n) is 2.00. The maximum absolute atomic E-state index is 5.21. The molecule has 0 radical (unpaired) electrons. The molecule has 1 rings (SSSR count). The minimum Gasteiger partial charge on any atom is -0.301 e. The van der Waals surface area contributed by atoms with Gasteiger partial charge in [0.1, 0.15) is 0 Å². The first-order valence-electron chi connectivity index (χ1n) is 5.24. The molecule has 0 spiro atoms. The lowest BCUT2D eigenvalue weighted by Crippen LogP contribution is -2.44. The van der Waals surface area contributed by atoms with E-state index in [1.165, 1.54) is 19.4 Å². The van der Waals surface area contributed by atoms with Crippen molar-refractivity contribution in [2.45, 2.75) is 45.8 Å². The smallest absolute Gasteiger partial charge is 0.0799 e. The molecule has 78 valence electrons. The molecule has 0 aromatic rings. The van der Waals surface area contributed by atoms with E-state index >= 15 is 0 Å². The van der Waals surface area contributed by atoms with E-state index < -0.39 is 0 Å². The van der Waals surface area contributed by atoms with Gasteiger partial charge in [0, 0.05) is 12.6 Å². The van der Waals surface area contributed by atoms with E-state index in [9.17, 15) is 0 Å². The Labute approximate surface area is 81.2 Å². The minimum absolute atomic E-state index is 0.196. The van der Waals surface area contributed by atoms with Crippen LogP contribution in [0.5, 0.6) is 0 Å². The van der Waals surface area contributed by atoms with Crippen molar-refractivity contribution in [3.63, 3.8) is 0 Å². The Morgan fingerprint density at radius 1 is 1.38 bits per heavy atom. The van der Waals surface area contributed by atoms with Gasteiger partial charge in [-0.3, -0.25) is 0 Å². The molecule has 0 aliphatic carbocycles. The minimum atomic E-state index is 0.196.